The molecular formula is C19H23N3O3. The molecule has 2 bridgehead atoms. The lowest BCUT2D eigenvalue weighted by molar-refractivity contribution is -0.217. The molecule has 3 heterocycles. The summed E-state index contributed by atoms with van der Waals surface area (Å²) < 4.78 is 5.95. The first-order valence-electron chi connectivity index (χ1n) is 9.10. The Morgan fingerprint density at radius 1 is 0.960 bits per heavy atom. The van der Waals surface area contributed by atoms with Crippen molar-refractivity contribution in [3.05, 3.63) is 35.7 Å². The van der Waals surface area contributed by atoms with E-state index in [-0.39, 0.29) is 12.3 Å². The van der Waals surface area contributed by atoms with Crippen molar-refractivity contribution >= 4 is 11.0 Å². The van der Waals surface area contributed by atoms with E-state index in [1.807, 2.05) is 6.92 Å². The van der Waals surface area contributed by atoms with Gasteiger partial charge in [0, 0.05) is 31.9 Å². The van der Waals surface area contributed by atoms with Gasteiger partial charge in [0.1, 0.15) is 6.23 Å². The van der Waals surface area contributed by atoms with E-state index in [1.54, 1.807) is 12.4 Å². The summed E-state index contributed by atoms with van der Waals surface area (Å²) in [7, 11) is 0. The molecular weight excluding hydrogens is 318 g/mol. The normalized spacial score (nSPS) is 38.0. The topological polar surface area (TPSA) is 78.7 Å². The fraction of sp³-hybridized carbons (Fsp3) is 0.579. The van der Waals surface area contributed by atoms with Gasteiger partial charge in [0.05, 0.1) is 29.3 Å². The molecule has 1 aliphatic carbocycles. The van der Waals surface area contributed by atoms with E-state index < -0.39 is 12.2 Å². The predicted molar refractivity (Wildman–Crippen MR) is 92.2 cm³/mol. The van der Waals surface area contributed by atoms with Crippen molar-refractivity contribution in [3.8, 4) is 0 Å². The maximum Gasteiger partial charge on any atom is 0.137 e. The molecule has 0 amide bonds. The van der Waals surface area contributed by atoms with Crippen LogP contribution in [0.3, 0.4) is 0 Å². The lowest BCUT2D eigenvalue weighted by Gasteiger charge is -2.44. The van der Waals surface area contributed by atoms with E-state index in [2.05, 4.69) is 27.0 Å². The van der Waals surface area contributed by atoms with Crippen molar-refractivity contribution in [2.45, 2.75) is 56.1 Å². The molecule has 2 N–H and O–H groups in total. The molecule has 2 aliphatic heterocycles. The number of fused-ring (bicyclic) bond motifs is 6. The molecule has 2 fully saturated rings. The Morgan fingerprint density at radius 2 is 1.56 bits per heavy atom. The minimum atomic E-state index is -0.644. The highest BCUT2D eigenvalue weighted by Gasteiger charge is 2.44. The van der Waals surface area contributed by atoms with E-state index >= 15 is 0 Å². The van der Waals surface area contributed by atoms with Crippen LogP contribution in [0.25, 0.3) is 11.0 Å². The highest BCUT2D eigenvalue weighted by molar-refractivity contribution is 5.77. The zero-order valence-electron chi connectivity index (χ0n) is 14.2. The van der Waals surface area contributed by atoms with Crippen LogP contribution in [0.15, 0.2) is 24.5 Å². The fourth-order valence-electron chi connectivity index (χ4n) is 4.83. The number of hydrogen-bond donors (Lipinski definition) is 2. The molecule has 1 aromatic carbocycles. The molecule has 25 heavy (non-hydrogen) atoms. The number of ether oxygens (including phenoxy) is 1. The van der Waals surface area contributed by atoms with E-state index in [4.69, 9.17) is 4.74 Å². The summed E-state index contributed by atoms with van der Waals surface area (Å²) in [6.45, 7) is 3.63. The lowest BCUT2D eigenvalue weighted by atomic mass is 9.93. The second-order valence-corrected chi connectivity index (χ2v) is 7.71. The number of aromatic nitrogens is 2. The third kappa shape index (κ3) is 2.47. The number of benzene rings is 1. The standard InChI is InChI=1S/C19H23N3O3/c1-10-17(23)7-18(24)19(25-10)22-8-11-4-12(9-22)14-6-16-15(5-13(11)14)20-2-3-21-16/h2-3,5-6,10-12,17-19,23-24H,4,7-9H2,1H3. The van der Waals surface area contributed by atoms with Crippen molar-refractivity contribution in [1.82, 2.24) is 14.9 Å². The van der Waals surface area contributed by atoms with Gasteiger partial charge in [-0.2, -0.15) is 0 Å². The van der Waals surface area contributed by atoms with Crippen LogP contribution < -0.4 is 0 Å². The number of nitrogens with zero attached hydrogens (tertiary/aromatic N) is 3. The quantitative estimate of drug-likeness (QED) is 0.816. The average molecular weight is 341 g/mol. The van der Waals surface area contributed by atoms with Gasteiger partial charge in [0.2, 0.25) is 0 Å². The van der Waals surface area contributed by atoms with E-state index in [0.29, 0.717) is 18.3 Å². The molecule has 0 spiro atoms. The van der Waals surface area contributed by atoms with Crippen molar-refractivity contribution in [2.75, 3.05) is 13.1 Å². The summed E-state index contributed by atoms with van der Waals surface area (Å²) in [4.78, 5) is 11.1. The molecule has 2 aromatic rings. The third-order valence-corrected chi connectivity index (χ3v) is 6.10. The highest BCUT2D eigenvalue weighted by atomic mass is 16.5. The second-order valence-electron chi connectivity index (χ2n) is 7.71. The van der Waals surface area contributed by atoms with Gasteiger partial charge in [-0.3, -0.25) is 14.9 Å². The van der Waals surface area contributed by atoms with E-state index in [1.165, 1.54) is 11.1 Å². The Balaban J connectivity index is 1.45. The monoisotopic (exact) mass is 341 g/mol. The predicted octanol–water partition coefficient (Wildman–Crippen LogP) is 1.37. The summed E-state index contributed by atoms with van der Waals surface area (Å²) in [5.74, 6) is 0.885. The number of hydrogen-bond acceptors (Lipinski definition) is 6. The Morgan fingerprint density at radius 3 is 2.16 bits per heavy atom. The minimum Gasteiger partial charge on any atom is -0.390 e. The zero-order valence-corrected chi connectivity index (χ0v) is 14.2. The number of aliphatic hydroxyl groups is 2. The SMILES string of the molecule is CC1OC(N2CC3CC(C2)c2cc4nccnc4cc23)C(O)CC1O. The summed E-state index contributed by atoms with van der Waals surface area (Å²) >= 11 is 0. The molecule has 2 saturated heterocycles. The molecule has 0 saturated carbocycles. The number of piperidine rings is 1. The molecule has 6 nitrogen and oxygen atoms in total. The molecule has 6 atom stereocenters. The van der Waals surface area contributed by atoms with Gasteiger partial charge in [-0.25, -0.2) is 0 Å². The van der Waals surface area contributed by atoms with Crippen molar-refractivity contribution in [1.29, 1.82) is 0 Å². The Bertz CT molecular complexity index is 763. The molecule has 5 rings (SSSR count). The van der Waals surface area contributed by atoms with Gasteiger partial charge in [-0.1, -0.05) is 0 Å². The van der Waals surface area contributed by atoms with Crippen LogP contribution >= 0.6 is 0 Å². The first-order valence-corrected chi connectivity index (χ1v) is 9.10. The first-order chi connectivity index (χ1) is 12.1. The molecule has 1 aromatic heterocycles. The average Bonchev–Trinajstić information content (AvgIpc) is 2.86. The second kappa shape index (κ2) is 5.71. The van der Waals surface area contributed by atoms with E-state index in [9.17, 15) is 10.2 Å². The smallest absolute Gasteiger partial charge is 0.137 e. The third-order valence-electron chi connectivity index (χ3n) is 6.10. The van der Waals surface area contributed by atoms with Crippen LogP contribution in [-0.2, 0) is 4.74 Å². The Kier molecular flexibility index (Phi) is 3.57. The van der Waals surface area contributed by atoms with Crippen LogP contribution in [0.4, 0.5) is 0 Å². The number of aliphatic hydroxyl groups excluding tert-OH is 2. The molecule has 3 aliphatic rings. The first kappa shape index (κ1) is 15.6. The Hall–Kier alpha value is -1.60. The van der Waals surface area contributed by atoms with Crippen molar-refractivity contribution < 1.29 is 14.9 Å². The molecule has 6 heteroatoms. The van der Waals surface area contributed by atoms with Gasteiger partial charge >= 0.3 is 0 Å². The highest BCUT2D eigenvalue weighted by Crippen LogP contribution is 2.47. The van der Waals surface area contributed by atoms with Crippen LogP contribution in [0.5, 0.6) is 0 Å². The molecule has 132 valence electrons. The molecule has 6 unspecified atom stereocenters. The van der Waals surface area contributed by atoms with Crippen molar-refractivity contribution in [3.63, 3.8) is 0 Å². The summed E-state index contributed by atoms with van der Waals surface area (Å²) in [6.07, 6.45) is 3.18. The lowest BCUT2D eigenvalue weighted by Crippen LogP contribution is -2.56. The van der Waals surface area contributed by atoms with Crippen LogP contribution in [0, 0.1) is 0 Å². The maximum absolute atomic E-state index is 10.4. The van der Waals surface area contributed by atoms with Gasteiger partial charge in [0.25, 0.3) is 0 Å². The van der Waals surface area contributed by atoms with Gasteiger partial charge < -0.3 is 14.9 Å². The van der Waals surface area contributed by atoms with Crippen molar-refractivity contribution in [2.24, 2.45) is 0 Å². The number of likely N-dealkylation sites (tertiary alicyclic amines) is 1. The largest absolute Gasteiger partial charge is 0.390 e. The van der Waals surface area contributed by atoms with Gasteiger partial charge in [-0.05, 0) is 48.4 Å². The minimum absolute atomic E-state index is 0.244. The summed E-state index contributed by atoms with van der Waals surface area (Å²) in [5, 5.41) is 20.3. The zero-order chi connectivity index (χ0) is 17.1. The van der Waals surface area contributed by atoms with Crippen LogP contribution in [0.2, 0.25) is 0 Å². The Labute approximate surface area is 146 Å². The summed E-state index contributed by atoms with van der Waals surface area (Å²) in [5.41, 5.74) is 4.65. The summed E-state index contributed by atoms with van der Waals surface area (Å²) in [6, 6.07) is 4.38. The van der Waals surface area contributed by atoms with Crippen LogP contribution in [-0.4, -0.2) is 62.7 Å². The fourth-order valence-corrected chi connectivity index (χ4v) is 4.83. The number of rotatable bonds is 1. The molecule has 0 radical (unpaired) electrons. The van der Waals surface area contributed by atoms with Crippen LogP contribution in [0.1, 0.15) is 42.7 Å². The van der Waals surface area contributed by atoms with Gasteiger partial charge in [0.15, 0.2) is 0 Å². The maximum atomic E-state index is 10.4. The van der Waals surface area contributed by atoms with Gasteiger partial charge in [-0.15, -0.1) is 0 Å². The van der Waals surface area contributed by atoms with E-state index in [0.717, 1.165) is 30.5 Å².